The van der Waals surface area contributed by atoms with Crippen LogP contribution in [-0.4, -0.2) is 13.7 Å². The minimum absolute atomic E-state index is 0.298. The number of methoxy groups -OCH3 is 1. The number of ether oxygens (including phenoxy) is 1. The molecule has 0 bridgehead atoms. The van der Waals surface area contributed by atoms with Crippen LogP contribution in [-0.2, 0) is 10.9 Å². The first-order valence-corrected chi connectivity index (χ1v) is 5.72. The van der Waals surface area contributed by atoms with E-state index >= 15 is 0 Å². The maximum atomic E-state index is 13.1. The molecule has 1 aromatic rings. The highest BCUT2D eigenvalue weighted by molar-refractivity contribution is 5.29. The Kier molecular flexibility index (Phi) is 5.71. The molecule has 0 aliphatic heterocycles. The zero-order valence-corrected chi connectivity index (χ0v) is 10.4. The summed E-state index contributed by atoms with van der Waals surface area (Å²) in [6.45, 7) is 0.478. The second kappa shape index (κ2) is 6.83. The van der Waals surface area contributed by atoms with Crippen LogP contribution in [0.25, 0.3) is 0 Å². The van der Waals surface area contributed by atoms with E-state index in [1.165, 1.54) is 13.2 Å². The van der Waals surface area contributed by atoms with Gasteiger partial charge in [-0.3, -0.25) is 11.3 Å². The highest BCUT2D eigenvalue weighted by Crippen LogP contribution is 2.33. The predicted molar refractivity (Wildman–Crippen MR) is 62.6 cm³/mol. The SMILES string of the molecule is COCCCC(NN)c1ccc(F)c(C(F)(F)F)c1. The summed E-state index contributed by atoms with van der Waals surface area (Å²) < 4.78 is 55.8. The van der Waals surface area contributed by atoms with Gasteiger partial charge in [0.1, 0.15) is 5.82 Å². The Morgan fingerprint density at radius 1 is 1.37 bits per heavy atom. The normalized spacial score (nSPS) is 13.6. The third-order valence-corrected chi connectivity index (χ3v) is 2.74. The molecule has 0 radical (unpaired) electrons. The Hall–Kier alpha value is -1.18. The highest BCUT2D eigenvalue weighted by Gasteiger charge is 2.34. The molecule has 1 unspecified atom stereocenters. The Morgan fingerprint density at radius 3 is 2.58 bits per heavy atom. The second-order valence-corrected chi connectivity index (χ2v) is 4.09. The molecule has 0 aliphatic carbocycles. The fourth-order valence-electron chi connectivity index (χ4n) is 1.75. The van der Waals surface area contributed by atoms with E-state index in [0.29, 0.717) is 25.0 Å². The third kappa shape index (κ3) is 4.45. The summed E-state index contributed by atoms with van der Waals surface area (Å²) in [5.74, 6) is 4.03. The zero-order chi connectivity index (χ0) is 14.5. The van der Waals surface area contributed by atoms with Crippen LogP contribution in [0.3, 0.4) is 0 Å². The smallest absolute Gasteiger partial charge is 0.385 e. The van der Waals surface area contributed by atoms with Gasteiger partial charge in [0.2, 0.25) is 0 Å². The second-order valence-electron chi connectivity index (χ2n) is 4.09. The Morgan fingerprint density at radius 2 is 2.05 bits per heavy atom. The molecule has 19 heavy (non-hydrogen) atoms. The summed E-state index contributed by atoms with van der Waals surface area (Å²) >= 11 is 0. The van der Waals surface area contributed by atoms with Gasteiger partial charge in [-0.05, 0) is 30.5 Å². The lowest BCUT2D eigenvalue weighted by Gasteiger charge is -2.18. The van der Waals surface area contributed by atoms with Crippen molar-refractivity contribution in [3.63, 3.8) is 0 Å². The summed E-state index contributed by atoms with van der Waals surface area (Å²) in [5.41, 5.74) is 1.45. The minimum Gasteiger partial charge on any atom is -0.385 e. The standard InChI is InChI=1S/C12H16F4N2O/c1-19-6-2-3-11(18-17)8-4-5-10(13)9(7-8)12(14,15)16/h4-5,7,11,18H,2-3,6,17H2,1H3. The van der Waals surface area contributed by atoms with Gasteiger partial charge in [-0.1, -0.05) is 6.07 Å². The van der Waals surface area contributed by atoms with Crippen molar-refractivity contribution in [2.24, 2.45) is 5.84 Å². The molecule has 0 saturated heterocycles. The van der Waals surface area contributed by atoms with Crippen LogP contribution >= 0.6 is 0 Å². The molecule has 0 aliphatic rings. The van der Waals surface area contributed by atoms with Crippen LogP contribution in [0.1, 0.15) is 30.0 Å². The molecule has 3 nitrogen and oxygen atoms in total. The Labute approximate surface area is 108 Å². The van der Waals surface area contributed by atoms with Gasteiger partial charge in [0, 0.05) is 19.8 Å². The van der Waals surface area contributed by atoms with Crippen molar-refractivity contribution in [2.75, 3.05) is 13.7 Å². The third-order valence-electron chi connectivity index (χ3n) is 2.74. The van der Waals surface area contributed by atoms with E-state index in [1.807, 2.05) is 0 Å². The number of nitrogens with one attached hydrogen (secondary N) is 1. The largest absolute Gasteiger partial charge is 0.419 e. The molecule has 0 saturated carbocycles. The first-order chi connectivity index (χ1) is 8.90. The number of hydrogen-bond donors (Lipinski definition) is 2. The lowest BCUT2D eigenvalue weighted by Crippen LogP contribution is -2.28. The number of rotatable bonds is 6. The van der Waals surface area contributed by atoms with Crippen molar-refractivity contribution in [1.82, 2.24) is 5.43 Å². The van der Waals surface area contributed by atoms with Gasteiger partial charge >= 0.3 is 6.18 Å². The van der Waals surface area contributed by atoms with Crippen molar-refractivity contribution < 1.29 is 22.3 Å². The van der Waals surface area contributed by atoms with Gasteiger partial charge in [-0.25, -0.2) is 4.39 Å². The first kappa shape index (κ1) is 15.9. The molecule has 0 amide bonds. The Bertz CT molecular complexity index is 409. The van der Waals surface area contributed by atoms with Crippen molar-refractivity contribution >= 4 is 0 Å². The molecular formula is C12H16F4N2O. The molecule has 1 rings (SSSR count). The van der Waals surface area contributed by atoms with Crippen LogP contribution in [0, 0.1) is 5.82 Å². The van der Waals surface area contributed by atoms with Crippen molar-refractivity contribution in [3.8, 4) is 0 Å². The first-order valence-electron chi connectivity index (χ1n) is 5.72. The minimum atomic E-state index is -4.72. The van der Waals surface area contributed by atoms with Crippen LogP contribution < -0.4 is 11.3 Å². The number of nitrogens with two attached hydrogens (primary N) is 1. The summed E-state index contributed by atoms with van der Waals surface area (Å²) in [7, 11) is 1.53. The molecule has 0 fully saturated rings. The highest BCUT2D eigenvalue weighted by atomic mass is 19.4. The number of benzene rings is 1. The molecule has 108 valence electrons. The van der Waals surface area contributed by atoms with Gasteiger partial charge in [0.05, 0.1) is 5.56 Å². The van der Waals surface area contributed by atoms with Gasteiger partial charge in [0.25, 0.3) is 0 Å². The summed E-state index contributed by atoms with van der Waals surface area (Å²) in [6.07, 6.45) is -3.59. The predicted octanol–water partition coefficient (Wildman–Crippen LogP) is 2.78. The van der Waals surface area contributed by atoms with Crippen LogP contribution in [0.15, 0.2) is 18.2 Å². The lowest BCUT2D eigenvalue weighted by atomic mass is 10.00. The molecule has 0 spiro atoms. The summed E-state index contributed by atoms with van der Waals surface area (Å²) in [4.78, 5) is 0. The molecular weight excluding hydrogens is 264 g/mol. The van der Waals surface area contributed by atoms with Crippen LogP contribution in [0.5, 0.6) is 0 Å². The van der Waals surface area contributed by atoms with Crippen LogP contribution in [0.2, 0.25) is 0 Å². The van der Waals surface area contributed by atoms with Crippen LogP contribution in [0.4, 0.5) is 17.6 Å². The van der Waals surface area contributed by atoms with E-state index in [4.69, 9.17) is 10.6 Å². The average molecular weight is 280 g/mol. The number of hydrazine groups is 1. The van der Waals surface area contributed by atoms with Gasteiger partial charge < -0.3 is 4.74 Å². The average Bonchev–Trinajstić information content (AvgIpc) is 2.34. The monoisotopic (exact) mass is 280 g/mol. The molecule has 1 atom stereocenters. The van der Waals surface area contributed by atoms with E-state index in [9.17, 15) is 17.6 Å². The number of halogens is 4. The van der Waals surface area contributed by atoms with E-state index in [1.54, 1.807) is 0 Å². The molecule has 3 N–H and O–H groups in total. The summed E-state index contributed by atoms with van der Waals surface area (Å²) in [5, 5.41) is 0. The molecule has 0 aromatic heterocycles. The Balaban J connectivity index is 2.93. The van der Waals surface area contributed by atoms with E-state index < -0.39 is 23.6 Å². The number of hydrogen-bond acceptors (Lipinski definition) is 3. The van der Waals surface area contributed by atoms with Gasteiger partial charge in [-0.15, -0.1) is 0 Å². The van der Waals surface area contributed by atoms with Crippen molar-refractivity contribution in [2.45, 2.75) is 25.1 Å². The lowest BCUT2D eigenvalue weighted by molar-refractivity contribution is -0.140. The number of alkyl halides is 3. The van der Waals surface area contributed by atoms with Gasteiger partial charge in [-0.2, -0.15) is 13.2 Å². The molecule has 0 heterocycles. The van der Waals surface area contributed by atoms with Crippen molar-refractivity contribution in [3.05, 3.63) is 35.1 Å². The zero-order valence-electron chi connectivity index (χ0n) is 10.4. The van der Waals surface area contributed by atoms with E-state index in [2.05, 4.69) is 5.43 Å². The molecule has 1 aromatic carbocycles. The van der Waals surface area contributed by atoms with Crippen molar-refractivity contribution in [1.29, 1.82) is 0 Å². The van der Waals surface area contributed by atoms with E-state index in [-0.39, 0.29) is 0 Å². The fraction of sp³-hybridized carbons (Fsp3) is 0.500. The maximum Gasteiger partial charge on any atom is 0.419 e. The summed E-state index contributed by atoms with van der Waals surface area (Å²) in [6, 6.07) is 2.41. The topological polar surface area (TPSA) is 47.3 Å². The quantitative estimate of drug-likeness (QED) is 0.364. The fourth-order valence-corrected chi connectivity index (χ4v) is 1.75. The molecule has 7 heteroatoms. The van der Waals surface area contributed by atoms with E-state index in [0.717, 1.165) is 12.1 Å². The maximum absolute atomic E-state index is 13.1. The van der Waals surface area contributed by atoms with Gasteiger partial charge in [0.15, 0.2) is 0 Å².